The van der Waals surface area contributed by atoms with Crippen molar-refractivity contribution < 1.29 is 9.16 Å². The van der Waals surface area contributed by atoms with Crippen LogP contribution in [-0.4, -0.2) is 21.5 Å². The largest absolute Gasteiger partial charge is 0.544 e. The molecule has 120 valence electrons. The van der Waals surface area contributed by atoms with Crippen LogP contribution in [0.4, 0.5) is 0 Å². The number of nitriles is 1. The number of benzene rings is 1. The van der Waals surface area contributed by atoms with Crippen LogP contribution in [0.3, 0.4) is 0 Å². The van der Waals surface area contributed by atoms with Crippen molar-refractivity contribution in [2.75, 3.05) is 13.2 Å². The Kier molecular flexibility index (Phi) is 4.69. The third-order valence-electron chi connectivity index (χ3n) is 5.15. The van der Waals surface area contributed by atoms with Crippen molar-refractivity contribution in [1.29, 1.82) is 5.26 Å². The van der Waals surface area contributed by atoms with Gasteiger partial charge in [-0.2, -0.15) is 5.26 Å². The Hall–Kier alpha value is -1.31. The molecule has 0 radical (unpaired) electrons. The van der Waals surface area contributed by atoms with E-state index in [0.29, 0.717) is 13.2 Å². The molecule has 1 fully saturated rings. The maximum Gasteiger partial charge on any atom is 0.250 e. The van der Waals surface area contributed by atoms with Crippen LogP contribution in [0, 0.1) is 11.3 Å². The molecule has 1 aliphatic heterocycles. The third-order valence-corrected chi connectivity index (χ3v) is 9.50. The molecule has 3 nitrogen and oxygen atoms in total. The molecule has 2 rings (SSSR count). The summed E-state index contributed by atoms with van der Waals surface area (Å²) in [6.45, 7) is 12.5. The highest BCUT2D eigenvalue weighted by Crippen LogP contribution is 2.39. The Morgan fingerprint density at radius 1 is 1.14 bits per heavy atom. The highest BCUT2D eigenvalue weighted by atomic mass is 28.4. The van der Waals surface area contributed by atoms with E-state index in [1.54, 1.807) is 0 Å². The minimum atomic E-state index is -1.81. The van der Waals surface area contributed by atoms with Gasteiger partial charge >= 0.3 is 0 Å². The lowest BCUT2D eigenvalue weighted by Gasteiger charge is -2.36. The molecule has 4 heteroatoms. The van der Waals surface area contributed by atoms with Gasteiger partial charge in [0.2, 0.25) is 8.32 Å². The van der Waals surface area contributed by atoms with Gasteiger partial charge in [-0.05, 0) is 48.7 Å². The molecule has 1 aliphatic rings. The molecule has 0 N–H and O–H groups in total. The average Bonchev–Trinajstić information content (AvgIpc) is 2.47. The molecular weight excluding hydrogens is 290 g/mol. The summed E-state index contributed by atoms with van der Waals surface area (Å²) in [6, 6.07) is 10.7. The Morgan fingerprint density at radius 2 is 1.68 bits per heavy atom. The van der Waals surface area contributed by atoms with Crippen LogP contribution < -0.4 is 4.43 Å². The van der Waals surface area contributed by atoms with Crippen molar-refractivity contribution in [2.24, 2.45) is 0 Å². The zero-order valence-electron chi connectivity index (χ0n) is 14.4. The Balaban J connectivity index is 2.19. The van der Waals surface area contributed by atoms with Crippen LogP contribution in [0.1, 0.15) is 39.2 Å². The summed E-state index contributed by atoms with van der Waals surface area (Å²) in [5, 5.41) is 9.81. The summed E-state index contributed by atoms with van der Waals surface area (Å²) in [5.74, 6) is 0.912. The maximum atomic E-state index is 9.63. The molecule has 22 heavy (non-hydrogen) atoms. The van der Waals surface area contributed by atoms with Gasteiger partial charge in [0.25, 0.3) is 0 Å². The summed E-state index contributed by atoms with van der Waals surface area (Å²) in [7, 11) is -1.81. The first-order valence-corrected chi connectivity index (χ1v) is 10.9. The van der Waals surface area contributed by atoms with Crippen molar-refractivity contribution in [2.45, 2.75) is 57.2 Å². The van der Waals surface area contributed by atoms with E-state index in [-0.39, 0.29) is 5.04 Å². The molecule has 1 heterocycles. The van der Waals surface area contributed by atoms with Gasteiger partial charge in [0.05, 0.1) is 11.5 Å². The minimum absolute atomic E-state index is 0.181. The van der Waals surface area contributed by atoms with Gasteiger partial charge in [-0.25, -0.2) is 0 Å². The lowest BCUT2D eigenvalue weighted by atomic mass is 9.75. The van der Waals surface area contributed by atoms with Crippen LogP contribution in [0.5, 0.6) is 5.75 Å². The number of hydrogen-bond acceptors (Lipinski definition) is 3. The van der Waals surface area contributed by atoms with Crippen molar-refractivity contribution in [3.05, 3.63) is 29.8 Å². The normalized spacial score (nSPS) is 18.5. The highest BCUT2D eigenvalue weighted by Gasteiger charge is 2.39. The van der Waals surface area contributed by atoms with Crippen molar-refractivity contribution in [3.63, 3.8) is 0 Å². The van der Waals surface area contributed by atoms with Crippen LogP contribution >= 0.6 is 0 Å². The van der Waals surface area contributed by atoms with E-state index < -0.39 is 13.7 Å². The van der Waals surface area contributed by atoms with Gasteiger partial charge in [-0.1, -0.05) is 32.9 Å². The summed E-state index contributed by atoms with van der Waals surface area (Å²) < 4.78 is 11.7. The number of rotatable bonds is 3. The summed E-state index contributed by atoms with van der Waals surface area (Å²) in [6.07, 6.45) is 1.54. The van der Waals surface area contributed by atoms with Gasteiger partial charge < -0.3 is 9.16 Å². The van der Waals surface area contributed by atoms with E-state index in [9.17, 15) is 5.26 Å². The molecule has 1 aromatic rings. The minimum Gasteiger partial charge on any atom is -0.544 e. The highest BCUT2D eigenvalue weighted by molar-refractivity contribution is 6.74. The fourth-order valence-corrected chi connectivity index (χ4v) is 3.51. The van der Waals surface area contributed by atoms with E-state index in [2.05, 4.69) is 52.1 Å². The van der Waals surface area contributed by atoms with Gasteiger partial charge in [0, 0.05) is 13.2 Å². The van der Waals surface area contributed by atoms with Crippen LogP contribution in [0.15, 0.2) is 24.3 Å². The third kappa shape index (κ3) is 3.36. The van der Waals surface area contributed by atoms with Crippen LogP contribution in [-0.2, 0) is 10.2 Å². The number of ether oxygens (including phenoxy) is 1. The Morgan fingerprint density at radius 3 is 2.14 bits per heavy atom. The van der Waals surface area contributed by atoms with Crippen molar-refractivity contribution >= 4 is 8.32 Å². The van der Waals surface area contributed by atoms with Crippen LogP contribution in [0.25, 0.3) is 0 Å². The molecule has 0 saturated carbocycles. The Bertz CT molecular complexity index is 546. The SMILES string of the molecule is CC(C)(C)[Si](C)(C)Oc1ccc(C2(C#N)CCOCC2)cc1. The number of nitrogens with zero attached hydrogens (tertiary/aromatic N) is 1. The van der Waals surface area contributed by atoms with Crippen molar-refractivity contribution in [3.8, 4) is 11.8 Å². The first kappa shape index (κ1) is 17.0. The van der Waals surface area contributed by atoms with E-state index in [1.807, 2.05) is 12.1 Å². The summed E-state index contributed by atoms with van der Waals surface area (Å²) >= 11 is 0. The second-order valence-corrected chi connectivity index (χ2v) is 12.4. The smallest absolute Gasteiger partial charge is 0.250 e. The van der Waals surface area contributed by atoms with E-state index in [4.69, 9.17) is 9.16 Å². The van der Waals surface area contributed by atoms with E-state index in [0.717, 1.165) is 24.2 Å². The predicted molar refractivity (Wildman–Crippen MR) is 91.6 cm³/mol. The maximum absolute atomic E-state index is 9.63. The zero-order chi connectivity index (χ0) is 16.4. The lowest BCUT2D eigenvalue weighted by Crippen LogP contribution is -2.43. The molecule has 0 spiro atoms. The molecular formula is C18H27NO2Si. The molecule has 0 bridgehead atoms. The Labute approximate surface area is 135 Å². The first-order valence-electron chi connectivity index (χ1n) is 7.99. The van der Waals surface area contributed by atoms with Crippen LogP contribution in [0.2, 0.25) is 18.1 Å². The van der Waals surface area contributed by atoms with Crippen molar-refractivity contribution in [1.82, 2.24) is 0 Å². The molecule has 1 aromatic carbocycles. The van der Waals surface area contributed by atoms with E-state index in [1.165, 1.54) is 0 Å². The van der Waals surface area contributed by atoms with Gasteiger partial charge in [-0.15, -0.1) is 0 Å². The standard InChI is InChI=1S/C18H27NO2Si/c1-17(2,3)22(4,5)21-16-8-6-15(7-9-16)18(14-19)10-12-20-13-11-18/h6-9H,10-13H2,1-5H3. The topological polar surface area (TPSA) is 42.2 Å². The number of hydrogen-bond donors (Lipinski definition) is 0. The molecule has 0 aliphatic carbocycles. The molecule has 0 unspecified atom stereocenters. The zero-order valence-corrected chi connectivity index (χ0v) is 15.4. The predicted octanol–water partition coefficient (Wildman–Crippen LogP) is 4.64. The summed E-state index contributed by atoms with van der Waals surface area (Å²) in [4.78, 5) is 0. The molecule has 0 atom stereocenters. The summed E-state index contributed by atoms with van der Waals surface area (Å²) in [5.41, 5.74) is 0.689. The monoisotopic (exact) mass is 317 g/mol. The first-order chi connectivity index (χ1) is 10.2. The second kappa shape index (κ2) is 6.06. The fraction of sp³-hybridized carbons (Fsp3) is 0.611. The average molecular weight is 318 g/mol. The molecule has 0 aromatic heterocycles. The van der Waals surface area contributed by atoms with Gasteiger partial charge in [0.15, 0.2) is 0 Å². The second-order valence-electron chi connectivity index (χ2n) is 7.69. The van der Waals surface area contributed by atoms with Gasteiger partial charge in [-0.3, -0.25) is 0 Å². The van der Waals surface area contributed by atoms with E-state index >= 15 is 0 Å². The molecule has 1 saturated heterocycles. The quantitative estimate of drug-likeness (QED) is 0.763. The fourth-order valence-electron chi connectivity index (χ4n) is 2.47. The van der Waals surface area contributed by atoms with Gasteiger partial charge in [0.1, 0.15) is 5.75 Å². The lowest BCUT2D eigenvalue weighted by molar-refractivity contribution is 0.0675. The molecule has 0 amide bonds.